The standard InChI is InChI=1S/C20H20F3N5O2/c1-11-6-17-15(18-20(22,23)8-14(29)4-5-28(18)26-17)10-27(11)19(30)25-13-2-3-16(21)12(7-13)9-24/h2-3,7,11,14,29H,4-6,8,10H2,1H3,(H,25,30)/t11-,14+/m1/s1. The Morgan fingerprint density at radius 2 is 2.20 bits per heavy atom. The molecule has 2 aromatic rings. The first-order valence-corrected chi connectivity index (χ1v) is 9.62. The lowest BCUT2D eigenvalue weighted by Gasteiger charge is -2.33. The van der Waals surface area contributed by atoms with Gasteiger partial charge in [-0.25, -0.2) is 9.18 Å². The monoisotopic (exact) mass is 419 g/mol. The van der Waals surface area contributed by atoms with Crippen molar-refractivity contribution < 1.29 is 23.1 Å². The zero-order valence-electron chi connectivity index (χ0n) is 16.2. The minimum absolute atomic E-state index is 0.0599. The van der Waals surface area contributed by atoms with Crippen LogP contribution < -0.4 is 5.32 Å². The number of halogens is 3. The van der Waals surface area contributed by atoms with Crippen molar-refractivity contribution in [1.82, 2.24) is 14.7 Å². The Bertz CT molecular complexity index is 1050. The third-order valence-corrected chi connectivity index (χ3v) is 5.59. The Morgan fingerprint density at radius 1 is 1.43 bits per heavy atom. The topological polar surface area (TPSA) is 94.2 Å². The Labute approximate surface area is 170 Å². The van der Waals surface area contributed by atoms with Crippen LogP contribution in [0.3, 0.4) is 0 Å². The number of anilines is 1. The molecule has 4 rings (SSSR count). The van der Waals surface area contributed by atoms with Gasteiger partial charge in [0.2, 0.25) is 0 Å². The summed E-state index contributed by atoms with van der Waals surface area (Å²) < 4.78 is 44.4. The fraction of sp³-hybridized carbons (Fsp3) is 0.450. The number of carbonyl (C=O) groups excluding carboxylic acids is 1. The van der Waals surface area contributed by atoms with E-state index in [9.17, 15) is 23.1 Å². The van der Waals surface area contributed by atoms with Crippen LogP contribution in [0.2, 0.25) is 0 Å². The molecular weight excluding hydrogens is 399 g/mol. The normalized spacial score (nSPS) is 22.5. The molecule has 30 heavy (non-hydrogen) atoms. The van der Waals surface area contributed by atoms with Crippen molar-refractivity contribution in [3.8, 4) is 6.07 Å². The number of aliphatic hydroxyl groups is 1. The summed E-state index contributed by atoms with van der Waals surface area (Å²) in [5.41, 5.74) is 0.623. The third-order valence-electron chi connectivity index (χ3n) is 5.59. The SMILES string of the molecule is C[C@@H]1Cc2nn3c(c2CN1C(=O)Nc1ccc(F)c(C#N)c1)C(F)(F)C[C@@H](O)CC3. The fourth-order valence-electron chi connectivity index (χ4n) is 4.09. The molecule has 0 saturated carbocycles. The molecule has 0 saturated heterocycles. The molecule has 0 radical (unpaired) electrons. The van der Waals surface area contributed by atoms with Crippen LogP contribution in [0.1, 0.15) is 42.3 Å². The van der Waals surface area contributed by atoms with E-state index in [2.05, 4.69) is 10.4 Å². The molecule has 1 aromatic carbocycles. The van der Waals surface area contributed by atoms with Crippen molar-refractivity contribution in [1.29, 1.82) is 5.26 Å². The third kappa shape index (κ3) is 3.50. The summed E-state index contributed by atoms with van der Waals surface area (Å²) >= 11 is 0. The summed E-state index contributed by atoms with van der Waals surface area (Å²) in [4.78, 5) is 14.2. The zero-order valence-corrected chi connectivity index (χ0v) is 16.2. The summed E-state index contributed by atoms with van der Waals surface area (Å²) in [6.07, 6.45) is -1.30. The first kappa shape index (κ1) is 20.2. The van der Waals surface area contributed by atoms with Crippen molar-refractivity contribution in [2.45, 2.75) is 57.3 Å². The number of benzene rings is 1. The van der Waals surface area contributed by atoms with Crippen LogP contribution in [0.15, 0.2) is 18.2 Å². The molecule has 0 unspecified atom stereocenters. The van der Waals surface area contributed by atoms with Crippen LogP contribution in [0.5, 0.6) is 0 Å². The highest BCUT2D eigenvalue weighted by Gasteiger charge is 2.45. The molecule has 10 heteroatoms. The van der Waals surface area contributed by atoms with Crippen LogP contribution in [0.4, 0.5) is 23.7 Å². The number of alkyl halides is 2. The minimum atomic E-state index is -3.25. The number of nitrogens with one attached hydrogen (secondary N) is 1. The van der Waals surface area contributed by atoms with Gasteiger partial charge in [-0.05, 0) is 31.5 Å². The van der Waals surface area contributed by atoms with Gasteiger partial charge in [0, 0.05) is 36.7 Å². The lowest BCUT2D eigenvalue weighted by molar-refractivity contribution is -0.0509. The molecule has 2 atom stereocenters. The van der Waals surface area contributed by atoms with E-state index in [0.717, 1.165) is 6.07 Å². The van der Waals surface area contributed by atoms with Gasteiger partial charge in [0.25, 0.3) is 5.92 Å². The highest BCUT2D eigenvalue weighted by atomic mass is 19.3. The lowest BCUT2D eigenvalue weighted by atomic mass is 9.96. The van der Waals surface area contributed by atoms with Gasteiger partial charge in [0.05, 0.1) is 23.9 Å². The summed E-state index contributed by atoms with van der Waals surface area (Å²) in [5, 5.41) is 25.7. The van der Waals surface area contributed by atoms with E-state index in [1.54, 1.807) is 13.0 Å². The van der Waals surface area contributed by atoms with Gasteiger partial charge in [-0.15, -0.1) is 0 Å². The fourth-order valence-corrected chi connectivity index (χ4v) is 4.09. The highest BCUT2D eigenvalue weighted by molar-refractivity contribution is 5.90. The number of urea groups is 1. The predicted octanol–water partition coefficient (Wildman–Crippen LogP) is 3.12. The van der Waals surface area contributed by atoms with Gasteiger partial charge in [-0.3, -0.25) is 4.68 Å². The van der Waals surface area contributed by atoms with E-state index in [1.165, 1.54) is 21.7 Å². The van der Waals surface area contributed by atoms with Crippen LogP contribution >= 0.6 is 0 Å². The number of nitriles is 1. The van der Waals surface area contributed by atoms with E-state index in [-0.39, 0.29) is 42.5 Å². The first-order chi connectivity index (χ1) is 14.2. The summed E-state index contributed by atoms with van der Waals surface area (Å²) in [6, 6.07) is 4.49. The van der Waals surface area contributed by atoms with Crippen molar-refractivity contribution in [3.05, 3.63) is 46.5 Å². The number of rotatable bonds is 1. The van der Waals surface area contributed by atoms with E-state index in [1.807, 2.05) is 0 Å². The molecule has 2 N–H and O–H groups in total. The number of hydrogen-bond acceptors (Lipinski definition) is 4. The summed E-state index contributed by atoms with van der Waals surface area (Å²) in [6.45, 7) is 1.92. The Balaban J connectivity index is 1.61. The minimum Gasteiger partial charge on any atom is -0.393 e. The molecule has 3 heterocycles. The maximum absolute atomic E-state index is 14.8. The van der Waals surface area contributed by atoms with Gasteiger partial charge in [0.15, 0.2) is 0 Å². The number of fused-ring (bicyclic) bond motifs is 3. The molecule has 1 aromatic heterocycles. The maximum Gasteiger partial charge on any atom is 0.322 e. The van der Waals surface area contributed by atoms with Crippen LogP contribution in [0.25, 0.3) is 0 Å². The van der Waals surface area contributed by atoms with E-state index in [4.69, 9.17) is 5.26 Å². The van der Waals surface area contributed by atoms with Gasteiger partial charge < -0.3 is 15.3 Å². The molecule has 0 aliphatic carbocycles. The highest BCUT2D eigenvalue weighted by Crippen LogP contribution is 2.41. The average molecular weight is 419 g/mol. The quantitative estimate of drug-likeness (QED) is 0.743. The van der Waals surface area contributed by atoms with Crippen molar-refractivity contribution >= 4 is 11.7 Å². The summed E-state index contributed by atoms with van der Waals surface area (Å²) in [7, 11) is 0. The van der Waals surface area contributed by atoms with E-state index < -0.39 is 30.3 Å². The van der Waals surface area contributed by atoms with E-state index in [0.29, 0.717) is 17.7 Å². The zero-order chi connectivity index (χ0) is 21.6. The number of hydrogen-bond donors (Lipinski definition) is 2. The van der Waals surface area contributed by atoms with Crippen LogP contribution in [0, 0.1) is 17.1 Å². The Morgan fingerprint density at radius 3 is 2.93 bits per heavy atom. The second-order valence-electron chi connectivity index (χ2n) is 7.77. The van der Waals surface area contributed by atoms with Crippen molar-refractivity contribution in [3.63, 3.8) is 0 Å². The largest absolute Gasteiger partial charge is 0.393 e. The number of aliphatic hydroxyl groups excluding tert-OH is 1. The predicted molar refractivity (Wildman–Crippen MR) is 100 cm³/mol. The maximum atomic E-state index is 14.8. The molecule has 0 fully saturated rings. The summed E-state index contributed by atoms with van der Waals surface area (Å²) in [5.74, 6) is -3.95. The Kier molecular flexibility index (Phi) is 4.94. The average Bonchev–Trinajstić information content (AvgIpc) is 2.99. The van der Waals surface area contributed by atoms with Crippen molar-refractivity contribution in [2.75, 3.05) is 5.32 Å². The van der Waals surface area contributed by atoms with Crippen LogP contribution in [-0.2, 0) is 25.4 Å². The number of amides is 2. The number of aromatic nitrogens is 2. The first-order valence-electron chi connectivity index (χ1n) is 9.62. The molecule has 7 nitrogen and oxygen atoms in total. The second kappa shape index (κ2) is 7.32. The number of aryl methyl sites for hydroxylation is 1. The second-order valence-corrected chi connectivity index (χ2v) is 7.77. The molecule has 2 aliphatic rings. The van der Waals surface area contributed by atoms with Gasteiger partial charge in [0.1, 0.15) is 17.6 Å². The van der Waals surface area contributed by atoms with Crippen LogP contribution in [-0.4, -0.2) is 38.0 Å². The molecule has 0 spiro atoms. The lowest BCUT2D eigenvalue weighted by Crippen LogP contribution is -2.45. The number of nitrogens with zero attached hydrogens (tertiary/aromatic N) is 4. The number of carbonyl (C=O) groups is 1. The smallest absolute Gasteiger partial charge is 0.322 e. The van der Waals surface area contributed by atoms with Gasteiger partial charge >= 0.3 is 6.03 Å². The molecule has 2 aliphatic heterocycles. The Hall–Kier alpha value is -3.06. The molecular formula is C20H20F3N5O2. The van der Waals surface area contributed by atoms with Gasteiger partial charge in [-0.1, -0.05) is 0 Å². The molecule has 158 valence electrons. The van der Waals surface area contributed by atoms with Gasteiger partial charge in [-0.2, -0.15) is 19.1 Å². The van der Waals surface area contributed by atoms with Crippen molar-refractivity contribution in [2.24, 2.45) is 0 Å². The molecule has 0 bridgehead atoms. The van der Waals surface area contributed by atoms with E-state index >= 15 is 0 Å². The molecule has 2 amide bonds.